The second-order valence-corrected chi connectivity index (χ2v) is 3.81. The van der Waals surface area contributed by atoms with Crippen LogP contribution in [0.3, 0.4) is 0 Å². The lowest BCUT2D eigenvalue weighted by Gasteiger charge is -2.17. The van der Waals surface area contributed by atoms with Crippen molar-refractivity contribution < 1.29 is 9.53 Å². The van der Waals surface area contributed by atoms with Gasteiger partial charge in [0.05, 0.1) is 12.6 Å². The SMILES string of the molecule is CCCC(C)C(=O)NC(CCl)COC. The van der Waals surface area contributed by atoms with Crippen molar-refractivity contribution in [3.05, 3.63) is 0 Å². The molecule has 1 amide bonds. The molecule has 3 nitrogen and oxygen atoms in total. The van der Waals surface area contributed by atoms with Crippen molar-refractivity contribution in [3.63, 3.8) is 0 Å². The van der Waals surface area contributed by atoms with Crippen molar-refractivity contribution in [2.45, 2.75) is 32.7 Å². The summed E-state index contributed by atoms with van der Waals surface area (Å²) in [5.74, 6) is 0.510. The average molecular weight is 222 g/mol. The van der Waals surface area contributed by atoms with Crippen LogP contribution in [0.25, 0.3) is 0 Å². The number of alkyl halides is 1. The molecule has 2 unspecified atom stereocenters. The first-order valence-corrected chi connectivity index (χ1v) is 5.54. The third-order valence-corrected chi connectivity index (χ3v) is 2.44. The van der Waals surface area contributed by atoms with Gasteiger partial charge in [0.2, 0.25) is 5.91 Å². The fourth-order valence-electron chi connectivity index (χ4n) is 1.23. The highest BCUT2D eigenvalue weighted by Crippen LogP contribution is 2.05. The van der Waals surface area contributed by atoms with Crippen molar-refractivity contribution in [2.75, 3.05) is 19.6 Å². The van der Waals surface area contributed by atoms with Crippen LogP contribution in [0.4, 0.5) is 0 Å². The van der Waals surface area contributed by atoms with E-state index in [0.29, 0.717) is 12.5 Å². The van der Waals surface area contributed by atoms with Crippen LogP contribution in [0.15, 0.2) is 0 Å². The van der Waals surface area contributed by atoms with Crippen molar-refractivity contribution in [3.8, 4) is 0 Å². The van der Waals surface area contributed by atoms with E-state index in [1.165, 1.54) is 0 Å². The summed E-state index contributed by atoms with van der Waals surface area (Å²) in [5.41, 5.74) is 0. The first-order valence-electron chi connectivity index (χ1n) is 5.00. The molecule has 0 spiro atoms. The van der Waals surface area contributed by atoms with Crippen LogP contribution < -0.4 is 5.32 Å². The third kappa shape index (κ3) is 5.45. The molecular weight excluding hydrogens is 202 g/mol. The van der Waals surface area contributed by atoms with Gasteiger partial charge >= 0.3 is 0 Å². The molecule has 4 heteroatoms. The third-order valence-electron chi connectivity index (χ3n) is 2.07. The molecule has 0 saturated heterocycles. The van der Waals surface area contributed by atoms with Crippen molar-refractivity contribution in [1.82, 2.24) is 5.32 Å². The Kier molecular flexibility index (Phi) is 7.90. The van der Waals surface area contributed by atoms with Crippen LogP contribution in [0.2, 0.25) is 0 Å². The van der Waals surface area contributed by atoms with E-state index in [9.17, 15) is 4.79 Å². The number of ether oxygens (including phenoxy) is 1. The summed E-state index contributed by atoms with van der Waals surface area (Å²) >= 11 is 5.68. The van der Waals surface area contributed by atoms with Crippen LogP contribution in [0, 0.1) is 5.92 Å². The summed E-state index contributed by atoms with van der Waals surface area (Å²) in [5, 5.41) is 2.86. The Labute approximate surface area is 91.2 Å². The van der Waals surface area contributed by atoms with Crippen LogP contribution in [-0.2, 0) is 9.53 Å². The van der Waals surface area contributed by atoms with E-state index in [1.807, 2.05) is 6.92 Å². The van der Waals surface area contributed by atoms with Gasteiger partial charge in [-0.2, -0.15) is 0 Å². The number of halogens is 1. The van der Waals surface area contributed by atoms with Gasteiger partial charge in [-0.05, 0) is 6.42 Å². The molecule has 84 valence electrons. The molecule has 0 rings (SSSR count). The lowest BCUT2D eigenvalue weighted by molar-refractivity contribution is -0.125. The number of carbonyl (C=O) groups excluding carboxylic acids is 1. The largest absolute Gasteiger partial charge is 0.383 e. The maximum absolute atomic E-state index is 11.6. The van der Waals surface area contributed by atoms with Gasteiger partial charge in [0.1, 0.15) is 0 Å². The minimum absolute atomic E-state index is 0.0579. The van der Waals surface area contributed by atoms with Crippen LogP contribution in [0.5, 0.6) is 0 Å². The number of rotatable bonds is 7. The topological polar surface area (TPSA) is 38.3 Å². The molecule has 0 aromatic rings. The van der Waals surface area contributed by atoms with Crippen LogP contribution >= 0.6 is 11.6 Å². The monoisotopic (exact) mass is 221 g/mol. The van der Waals surface area contributed by atoms with E-state index >= 15 is 0 Å². The van der Waals surface area contributed by atoms with Crippen molar-refractivity contribution in [1.29, 1.82) is 0 Å². The highest BCUT2D eigenvalue weighted by Gasteiger charge is 2.15. The number of amides is 1. The Hall–Kier alpha value is -0.280. The molecule has 2 atom stereocenters. The molecule has 0 fully saturated rings. The lowest BCUT2D eigenvalue weighted by atomic mass is 10.1. The van der Waals surface area contributed by atoms with Crippen molar-refractivity contribution in [2.24, 2.45) is 5.92 Å². The molecule has 0 heterocycles. The summed E-state index contributed by atoms with van der Waals surface area (Å²) in [6, 6.07) is -0.0755. The average Bonchev–Trinajstić information content (AvgIpc) is 2.17. The predicted molar refractivity (Wildman–Crippen MR) is 58.6 cm³/mol. The Morgan fingerprint density at radius 2 is 2.21 bits per heavy atom. The van der Waals surface area contributed by atoms with Gasteiger partial charge in [-0.3, -0.25) is 4.79 Å². The first kappa shape index (κ1) is 13.7. The van der Waals surface area contributed by atoms with Crippen LogP contribution in [0.1, 0.15) is 26.7 Å². The Morgan fingerprint density at radius 1 is 1.57 bits per heavy atom. The molecule has 14 heavy (non-hydrogen) atoms. The Morgan fingerprint density at radius 3 is 2.64 bits per heavy atom. The molecule has 0 saturated carbocycles. The van der Waals surface area contributed by atoms with Crippen LogP contribution in [-0.4, -0.2) is 31.5 Å². The number of methoxy groups -OCH3 is 1. The zero-order valence-corrected chi connectivity index (χ0v) is 9.93. The van der Waals surface area contributed by atoms with E-state index in [2.05, 4.69) is 12.2 Å². The predicted octanol–water partition coefficient (Wildman–Crippen LogP) is 1.79. The minimum Gasteiger partial charge on any atom is -0.383 e. The quantitative estimate of drug-likeness (QED) is 0.666. The van der Waals surface area contributed by atoms with E-state index < -0.39 is 0 Å². The maximum Gasteiger partial charge on any atom is 0.223 e. The number of hydrogen-bond acceptors (Lipinski definition) is 2. The fourth-order valence-corrected chi connectivity index (χ4v) is 1.40. The van der Waals surface area contributed by atoms with E-state index in [4.69, 9.17) is 16.3 Å². The molecular formula is C10H20ClNO2. The normalized spacial score (nSPS) is 14.9. The molecule has 1 N–H and O–H groups in total. The number of carbonyl (C=O) groups is 1. The molecule has 0 bridgehead atoms. The first-order chi connectivity index (χ1) is 6.65. The Balaban J connectivity index is 3.88. The molecule has 0 aromatic heterocycles. The minimum atomic E-state index is -0.0755. The highest BCUT2D eigenvalue weighted by atomic mass is 35.5. The highest BCUT2D eigenvalue weighted by molar-refractivity contribution is 6.18. The zero-order valence-electron chi connectivity index (χ0n) is 9.18. The van der Waals surface area contributed by atoms with Gasteiger partial charge in [-0.25, -0.2) is 0 Å². The number of nitrogens with one attached hydrogen (secondary N) is 1. The molecule has 0 aliphatic rings. The molecule has 0 aliphatic heterocycles. The second kappa shape index (κ2) is 8.06. The van der Waals surface area contributed by atoms with Gasteiger partial charge in [0.15, 0.2) is 0 Å². The smallest absolute Gasteiger partial charge is 0.223 e. The summed E-state index contributed by atoms with van der Waals surface area (Å²) in [6.45, 7) is 4.46. The van der Waals surface area contributed by atoms with Gasteiger partial charge in [0.25, 0.3) is 0 Å². The van der Waals surface area contributed by atoms with Gasteiger partial charge in [0, 0.05) is 18.9 Å². The standard InChI is InChI=1S/C10H20ClNO2/c1-4-5-8(2)10(13)12-9(6-11)7-14-3/h8-9H,4-7H2,1-3H3,(H,12,13). The lowest BCUT2D eigenvalue weighted by Crippen LogP contribution is -2.41. The molecule has 0 radical (unpaired) electrons. The second-order valence-electron chi connectivity index (χ2n) is 3.50. The summed E-state index contributed by atoms with van der Waals surface area (Å²) in [6.07, 6.45) is 1.93. The van der Waals surface area contributed by atoms with Gasteiger partial charge in [-0.1, -0.05) is 20.3 Å². The fraction of sp³-hybridized carbons (Fsp3) is 0.900. The summed E-state index contributed by atoms with van der Waals surface area (Å²) in [4.78, 5) is 11.6. The Bertz CT molecular complexity index is 164. The maximum atomic E-state index is 11.6. The summed E-state index contributed by atoms with van der Waals surface area (Å²) in [7, 11) is 1.60. The molecule has 0 aromatic carbocycles. The zero-order chi connectivity index (χ0) is 11.0. The van der Waals surface area contributed by atoms with Crippen molar-refractivity contribution >= 4 is 17.5 Å². The van der Waals surface area contributed by atoms with E-state index in [1.54, 1.807) is 7.11 Å². The number of hydrogen-bond donors (Lipinski definition) is 1. The molecule has 0 aliphatic carbocycles. The van der Waals surface area contributed by atoms with E-state index in [-0.39, 0.29) is 17.9 Å². The summed E-state index contributed by atoms with van der Waals surface area (Å²) < 4.78 is 4.94. The van der Waals surface area contributed by atoms with Gasteiger partial charge < -0.3 is 10.1 Å². The van der Waals surface area contributed by atoms with Gasteiger partial charge in [-0.15, -0.1) is 11.6 Å². The van der Waals surface area contributed by atoms with E-state index in [0.717, 1.165) is 12.8 Å².